The number of likely N-dealkylation sites (tertiary alicyclic amines) is 1. The fraction of sp³-hybridized carbons (Fsp3) is 0.667. The summed E-state index contributed by atoms with van der Waals surface area (Å²) >= 11 is 0. The van der Waals surface area contributed by atoms with Gasteiger partial charge >= 0.3 is 0 Å². The van der Waals surface area contributed by atoms with Crippen molar-refractivity contribution in [2.24, 2.45) is 11.7 Å². The Kier molecular flexibility index (Phi) is 4.81. The van der Waals surface area contributed by atoms with Gasteiger partial charge in [-0.1, -0.05) is 25.0 Å². The summed E-state index contributed by atoms with van der Waals surface area (Å²) in [7, 11) is 1.73. The van der Waals surface area contributed by atoms with E-state index in [0.717, 1.165) is 29.8 Å². The number of fused-ring (bicyclic) bond motifs is 1. The van der Waals surface area contributed by atoms with Crippen molar-refractivity contribution in [2.75, 3.05) is 13.7 Å². The summed E-state index contributed by atoms with van der Waals surface area (Å²) in [6.07, 6.45) is 8.48. The molecule has 1 aromatic rings. The molecule has 2 N–H and O–H groups in total. The van der Waals surface area contributed by atoms with E-state index in [1.807, 2.05) is 0 Å². The third-order valence-corrected chi connectivity index (χ3v) is 5.32. The van der Waals surface area contributed by atoms with E-state index in [2.05, 4.69) is 23.1 Å². The molecule has 1 aromatic carbocycles. The van der Waals surface area contributed by atoms with Gasteiger partial charge < -0.3 is 10.5 Å². The predicted octanol–water partition coefficient (Wildman–Crippen LogP) is 3.31. The molecule has 116 valence electrons. The van der Waals surface area contributed by atoms with Crippen LogP contribution in [0.5, 0.6) is 5.75 Å². The van der Waals surface area contributed by atoms with E-state index >= 15 is 0 Å². The van der Waals surface area contributed by atoms with Gasteiger partial charge in [0.15, 0.2) is 0 Å². The van der Waals surface area contributed by atoms with E-state index < -0.39 is 0 Å². The highest BCUT2D eigenvalue weighted by molar-refractivity contribution is 5.37. The van der Waals surface area contributed by atoms with Crippen molar-refractivity contribution >= 4 is 0 Å². The number of ether oxygens (including phenoxy) is 1. The maximum atomic E-state index is 5.76. The molecule has 0 bridgehead atoms. The highest BCUT2D eigenvalue weighted by Crippen LogP contribution is 2.36. The SMILES string of the molecule is COc1cc(CN2CCC[C@H]3CCCC[C@H]32)ccc1CN. The van der Waals surface area contributed by atoms with Gasteiger partial charge in [-0.2, -0.15) is 0 Å². The Morgan fingerprint density at radius 2 is 2.00 bits per heavy atom. The van der Waals surface area contributed by atoms with Crippen LogP contribution in [0.2, 0.25) is 0 Å². The Bertz CT molecular complexity index is 472. The van der Waals surface area contributed by atoms with Crippen molar-refractivity contribution in [1.82, 2.24) is 4.90 Å². The maximum absolute atomic E-state index is 5.76. The van der Waals surface area contributed by atoms with Gasteiger partial charge in [-0.15, -0.1) is 0 Å². The summed E-state index contributed by atoms with van der Waals surface area (Å²) in [5.74, 6) is 1.88. The Morgan fingerprint density at radius 1 is 1.19 bits per heavy atom. The first-order valence-corrected chi connectivity index (χ1v) is 8.41. The molecule has 3 rings (SSSR count). The largest absolute Gasteiger partial charge is 0.496 e. The maximum Gasteiger partial charge on any atom is 0.123 e. The molecule has 1 heterocycles. The van der Waals surface area contributed by atoms with Gasteiger partial charge in [0.25, 0.3) is 0 Å². The zero-order chi connectivity index (χ0) is 14.7. The van der Waals surface area contributed by atoms with Crippen LogP contribution in [0, 0.1) is 5.92 Å². The Labute approximate surface area is 128 Å². The zero-order valence-electron chi connectivity index (χ0n) is 13.2. The molecule has 0 unspecified atom stereocenters. The second-order valence-corrected chi connectivity index (χ2v) is 6.57. The summed E-state index contributed by atoms with van der Waals surface area (Å²) in [5.41, 5.74) is 8.21. The number of benzene rings is 1. The molecule has 1 aliphatic heterocycles. The number of nitrogens with zero attached hydrogens (tertiary/aromatic N) is 1. The van der Waals surface area contributed by atoms with Crippen molar-refractivity contribution in [3.05, 3.63) is 29.3 Å². The molecular weight excluding hydrogens is 260 g/mol. The highest BCUT2D eigenvalue weighted by atomic mass is 16.5. The molecule has 0 spiro atoms. The molecule has 3 heteroatoms. The molecular formula is C18H28N2O. The van der Waals surface area contributed by atoms with Gasteiger partial charge in [0.2, 0.25) is 0 Å². The first-order chi connectivity index (χ1) is 10.3. The third kappa shape index (κ3) is 3.24. The summed E-state index contributed by atoms with van der Waals surface area (Å²) in [6.45, 7) is 2.85. The quantitative estimate of drug-likeness (QED) is 0.924. The van der Waals surface area contributed by atoms with Gasteiger partial charge in [-0.3, -0.25) is 4.90 Å². The molecule has 3 nitrogen and oxygen atoms in total. The molecule has 0 radical (unpaired) electrons. The summed E-state index contributed by atoms with van der Waals surface area (Å²) in [4.78, 5) is 2.71. The minimum Gasteiger partial charge on any atom is -0.496 e. The van der Waals surface area contributed by atoms with Gasteiger partial charge in [0.05, 0.1) is 7.11 Å². The molecule has 21 heavy (non-hydrogen) atoms. The van der Waals surface area contributed by atoms with Crippen molar-refractivity contribution in [3.63, 3.8) is 0 Å². The monoisotopic (exact) mass is 288 g/mol. The molecule has 2 fully saturated rings. The standard InChI is InChI=1S/C18H28N2O/c1-21-18-11-14(8-9-16(18)12-19)13-20-10-4-6-15-5-2-3-7-17(15)20/h8-9,11,15,17H,2-7,10,12-13,19H2,1H3/t15-,17-/m1/s1. The van der Waals surface area contributed by atoms with Gasteiger partial charge in [0.1, 0.15) is 5.75 Å². The van der Waals surface area contributed by atoms with Crippen LogP contribution >= 0.6 is 0 Å². The minimum atomic E-state index is 0.540. The van der Waals surface area contributed by atoms with Gasteiger partial charge in [0, 0.05) is 24.7 Å². The summed E-state index contributed by atoms with van der Waals surface area (Å²) in [5, 5.41) is 0. The summed E-state index contributed by atoms with van der Waals surface area (Å²) in [6, 6.07) is 7.33. The average Bonchev–Trinajstić information content (AvgIpc) is 2.55. The Hall–Kier alpha value is -1.06. The molecule has 2 atom stereocenters. The van der Waals surface area contributed by atoms with Crippen LogP contribution in [-0.2, 0) is 13.1 Å². The lowest BCUT2D eigenvalue weighted by atomic mass is 9.78. The van der Waals surface area contributed by atoms with E-state index in [-0.39, 0.29) is 0 Å². The lowest BCUT2D eigenvalue weighted by molar-refractivity contribution is 0.0546. The van der Waals surface area contributed by atoms with Crippen LogP contribution < -0.4 is 10.5 Å². The lowest BCUT2D eigenvalue weighted by Gasteiger charge is -2.44. The number of hydrogen-bond acceptors (Lipinski definition) is 3. The smallest absolute Gasteiger partial charge is 0.123 e. The third-order valence-electron chi connectivity index (χ3n) is 5.32. The van der Waals surface area contributed by atoms with Crippen molar-refractivity contribution in [3.8, 4) is 5.75 Å². The van der Waals surface area contributed by atoms with E-state index in [4.69, 9.17) is 10.5 Å². The fourth-order valence-electron chi connectivity index (χ4n) is 4.21. The molecule has 0 aromatic heterocycles. The van der Waals surface area contributed by atoms with Gasteiger partial charge in [-0.05, 0) is 49.8 Å². The van der Waals surface area contributed by atoms with E-state index in [1.54, 1.807) is 7.11 Å². The topological polar surface area (TPSA) is 38.5 Å². The van der Waals surface area contributed by atoms with Crippen molar-refractivity contribution in [2.45, 2.75) is 57.7 Å². The van der Waals surface area contributed by atoms with Crippen LogP contribution in [0.15, 0.2) is 18.2 Å². The highest BCUT2D eigenvalue weighted by Gasteiger charge is 2.32. The van der Waals surface area contributed by atoms with Crippen LogP contribution in [0.25, 0.3) is 0 Å². The number of rotatable bonds is 4. The first-order valence-electron chi connectivity index (χ1n) is 8.41. The number of piperidine rings is 1. The molecule has 1 saturated heterocycles. The van der Waals surface area contributed by atoms with Crippen LogP contribution in [0.4, 0.5) is 0 Å². The second-order valence-electron chi connectivity index (χ2n) is 6.57. The zero-order valence-corrected chi connectivity index (χ0v) is 13.2. The number of nitrogens with two attached hydrogens (primary N) is 1. The van der Waals surface area contributed by atoms with Crippen LogP contribution in [0.1, 0.15) is 49.7 Å². The normalized spacial score (nSPS) is 26.4. The lowest BCUT2D eigenvalue weighted by Crippen LogP contribution is -2.46. The van der Waals surface area contributed by atoms with Crippen LogP contribution in [0.3, 0.4) is 0 Å². The fourth-order valence-corrected chi connectivity index (χ4v) is 4.21. The first kappa shape index (κ1) is 14.9. The Morgan fingerprint density at radius 3 is 2.81 bits per heavy atom. The second kappa shape index (κ2) is 6.80. The van der Waals surface area contributed by atoms with E-state index in [1.165, 1.54) is 50.6 Å². The summed E-state index contributed by atoms with van der Waals surface area (Å²) < 4.78 is 5.47. The van der Waals surface area contributed by atoms with Gasteiger partial charge in [-0.25, -0.2) is 0 Å². The van der Waals surface area contributed by atoms with E-state index in [9.17, 15) is 0 Å². The predicted molar refractivity (Wildman–Crippen MR) is 86.3 cm³/mol. The average molecular weight is 288 g/mol. The molecule has 1 aliphatic carbocycles. The number of hydrogen-bond donors (Lipinski definition) is 1. The van der Waals surface area contributed by atoms with Crippen molar-refractivity contribution < 1.29 is 4.74 Å². The number of methoxy groups -OCH3 is 1. The molecule has 1 saturated carbocycles. The van der Waals surface area contributed by atoms with Crippen molar-refractivity contribution in [1.29, 1.82) is 0 Å². The molecule has 2 aliphatic rings. The molecule has 0 amide bonds. The van der Waals surface area contributed by atoms with E-state index in [0.29, 0.717) is 6.54 Å². The Balaban J connectivity index is 1.73. The minimum absolute atomic E-state index is 0.540. The van der Waals surface area contributed by atoms with Crippen LogP contribution in [-0.4, -0.2) is 24.6 Å².